The molecule has 0 bridgehead atoms. The third-order valence-corrected chi connectivity index (χ3v) is 3.61. The first-order chi connectivity index (χ1) is 9.38. The maximum Gasteiger partial charge on any atom is 0.259 e. The quantitative estimate of drug-likeness (QED) is 0.859. The SMILES string of the molecule is Cc1cc(C)c(NC(=O)c2cc(Br)ccc2O)c(C)c1. The second-order valence-corrected chi connectivity index (χ2v) is 5.80. The van der Waals surface area contributed by atoms with Crippen molar-refractivity contribution < 1.29 is 9.90 Å². The fourth-order valence-electron chi connectivity index (χ4n) is 2.25. The number of hydrogen-bond donors (Lipinski definition) is 2. The number of anilines is 1. The Hall–Kier alpha value is -1.81. The van der Waals surface area contributed by atoms with Gasteiger partial charge in [-0.25, -0.2) is 0 Å². The topological polar surface area (TPSA) is 49.3 Å². The molecule has 0 aliphatic rings. The fraction of sp³-hybridized carbons (Fsp3) is 0.188. The van der Waals surface area contributed by atoms with Crippen LogP contribution in [0.2, 0.25) is 0 Å². The summed E-state index contributed by atoms with van der Waals surface area (Å²) < 4.78 is 0.748. The first kappa shape index (κ1) is 14.6. The van der Waals surface area contributed by atoms with Crippen molar-refractivity contribution in [3.8, 4) is 5.75 Å². The Kier molecular flexibility index (Phi) is 4.14. The van der Waals surface area contributed by atoms with Crippen LogP contribution in [0, 0.1) is 20.8 Å². The molecule has 0 radical (unpaired) electrons. The van der Waals surface area contributed by atoms with E-state index in [-0.39, 0.29) is 17.2 Å². The zero-order chi connectivity index (χ0) is 14.9. The lowest BCUT2D eigenvalue weighted by molar-refractivity contribution is 0.102. The molecule has 2 N–H and O–H groups in total. The number of phenolic OH excluding ortho intramolecular Hbond substituents is 1. The van der Waals surface area contributed by atoms with Gasteiger partial charge in [-0.15, -0.1) is 0 Å². The number of amides is 1. The second-order valence-electron chi connectivity index (χ2n) is 4.89. The van der Waals surface area contributed by atoms with Crippen molar-refractivity contribution in [1.29, 1.82) is 0 Å². The highest BCUT2D eigenvalue weighted by Gasteiger charge is 2.14. The second kappa shape index (κ2) is 5.67. The average Bonchev–Trinajstić information content (AvgIpc) is 2.36. The zero-order valence-corrected chi connectivity index (χ0v) is 13.2. The van der Waals surface area contributed by atoms with Gasteiger partial charge in [0, 0.05) is 10.2 Å². The molecule has 0 aliphatic carbocycles. The summed E-state index contributed by atoms with van der Waals surface area (Å²) in [7, 11) is 0. The monoisotopic (exact) mass is 333 g/mol. The minimum absolute atomic E-state index is 0.0342. The van der Waals surface area contributed by atoms with E-state index in [9.17, 15) is 9.90 Å². The van der Waals surface area contributed by atoms with E-state index in [1.807, 2.05) is 32.9 Å². The first-order valence-corrected chi connectivity index (χ1v) is 7.05. The van der Waals surface area contributed by atoms with E-state index in [1.165, 1.54) is 6.07 Å². The normalized spacial score (nSPS) is 10.4. The number of nitrogens with one attached hydrogen (secondary N) is 1. The standard InChI is InChI=1S/C16H16BrNO2/c1-9-6-10(2)15(11(3)7-9)18-16(20)13-8-12(17)4-5-14(13)19/h4-8,19H,1-3H3,(H,18,20). The van der Waals surface area contributed by atoms with Gasteiger partial charge in [0.15, 0.2) is 0 Å². The van der Waals surface area contributed by atoms with Gasteiger partial charge in [-0.2, -0.15) is 0 Å². The summed E-state index contributed by atoms with van der Waals surface area (Å²) in [5, 5.41) is 12.7. The molecule has 2 aromatic carbocycles. The van der Waals surface area contributed by atoms with Crippen LogP contribution in [0.15, 0.2) is 34.8 Å². The lowest BCUT2D eigenvalue weighted by Gasteiger charge is -2.13. The molecule has 0 atom stereocenters. The molecule has 0 unspecified atom stereocenters. The summed E-state index contributed by atoms with van der Waals surface area (Å²) in [5.41, 5.74) is 4.21. The number of carbonyl (C=O) groups is 1. The van der Waals surface area contributed by atoms with Crippen molar-refractivity contribution in [2.24, 2.45) is 0 Å². The van der Waals surface area contributed by atoms with Crippen molar-refractivity contribution in [1.82, 2.24) is 0 Å². The number of halogens is 1. The smallest absolute Gasteiger partial charge is 0.259 e. The highest BCUT2D eigenvalue weighted by atomic mass is 79.9. The molecule has 0 fully saturated rings. The van der Waals surface area contributed by atoms with E-state index in [0.29, 0.717) is 0 Å². The van der Waals surface area contributed by atoms with Crippen molar-refractivity contribution in [3.63, 3.8) is 0 Å². The molecule has 2 aromatic rings. The summed E-state index contributed by atoms with van der Waals surface area (Å²) >= 11 is 3.30. The van der Waals surface area contributed by atoms with E-state index in [4.69, 9.17) is 0 Å². The van der Waals surface area contributed by atoms with Gasteiger partial charge in [0.05, 0.1) is 5.56 Å². The largest absolute Gasteiger partial charge is 0.507 e. The maximum absolute atomic E-state index is 12.3. The van der Waals surface area contributed by atoms with Gasteiger partial charge in [-0.05, 0) is 50.1 Å². The minimum atomic E-state index is -0.321. The third-order valence-electron chi connectivity index (χ3n) is 3.12. The minimum Gasteiger partial charge on any atom is -0.507 e. The van der Waals surface area contributed by atoms with Crippen molar-refractivity contribution >= 4 is 27.5 Å². The van der Waals surface area contributed by atoms with Crippen molar-refractivity contribution in [2.75, 3.05) is 5.32 Å². The molecule has 20 heavy (non-hydrogen) atoms. The zero-order valence-electron chi connectivity index (χ0n) is 11.6. The summed E-state index contributed by atoms with van der Waals surface area (Å²) in [4.78, 5) is 12.3. The number of aromatic hydroxyl groups is 1. The van der Waals surface area contributed by atoms with Crippen LogP contribution >= 0.6 is 15.9 Å². The molecular formula is C16H16BrNO2. The summed E-state index contributed by atoms with van der Waals surface area (Å²) in [6.07, 6.45) is 0. The molecule has 1 amide bonds. The Morgan fingerprint density at radius 3 is 2.30 bits per heavy atom. The first-order valence-electron chi connectivity index (χ1n) is 6.26. The highest BCUT2D eigenvalue weighted by Crippen LogP contribution is 2.26. The van der Waals surface area contributed by atoms with Gasteiger partial charge < -0.3 is 10.4 Å². The molecule has 4 heteroatoms. The predicted octanol–water partition coefficient (Wildman–Crippen LogP) is 4.33. The van der Waals surface area contributed by atoms with E-state index in [2.05, 4.69) is 21.2 Å². The maximum atomic E-state index is 12.3. The van der Waals surface area contributed by atoms with E-state index in [0.717, 1.165) is 26.9 Å². The number of carbonyl (C=O) groups excluding carboxylic acids is 1. The van der Waals surface area contributed by atoms with Crippen LogP contribution in [0.3, 0.4) is 0 Å². The molecule has 0 aromatic heterocycles. The molecule has 0 aliphatic heterocycles. The van der Waals surface area contributed by atoms with Crippen LogP contribution in [0.5, 0.6) is 5.75 Å². The molecule has 0 heterocycles. The Morgan fingerprint density at radius 1 is 1.10 bits per heavy atom. The van der Waals surface area contributed by atoms with Crippen LogP contribution in [-0.2, 0) is 0 Å². The van der Waals surface area contributed by atoms with Gasteiger partial charge in [0.1, 0.15) is 5.75 Å². The van der Waals surface area contributed by atoms with E-state index in [1.54, 1.807) is 12.1 Å². The number of benzene rings is 2. The summed E-state index contributed by atoms with van der Waals surface area (Å²) in [6.45, 7) is 5.93. The van der Waals surface area contributed by atoms with Crippen LogP contribution < -0.4 is 5.32 Å². The number of hydrogen-bond acceptors (Lipinski definition) is 2. The molecule has 104 valence electrons. The van der Waals surface area contributed by atoms with E-state index >= 15 is 0 Å². The third kappa shape index (κ3) is 3.02. The molecule has 0 saturated heterocycles. The molecule has 0 saturated carbocycles. The Morgan fingerprint density at radius 2 is 1.70 bits per heavy atom. The molecule has 0 spiro atoms. The fourth-order valence-corrected chi connectivity index (χ4v) is 2.61. The van der Waals surface area contributed by atoms with Crippen LogP contribution in [-0.4, -0.2) is 11.0 Å². The van der Waals surface area contributed by atoms with E-state index < -0.39 is 0 Å². The molecular weight excluding hydrogens is 318 g/mol. The molecule has 3 nitrogen and oxygen atoms in total. The number of phenols is 1. The van der Waals surface area contributed by atoms with Crippen molar-refractivity contribution in [3.05, 3.63) is 57.1 Å². The lowest BCUT2D eigenvalue weighted by Crippen LogP contribution is -2.14. The summed E-state index contributed by atoms with van der Waals surface area (Å²) in [5.74, 6) is -0.355. The Bertz CT molecular complexity index is 657. The number of aryl methyl sites for hydroxylation is 3. The Balaban J connectivity index is 2.35. The van der Waals surface area contributed by atoms with Gasteiger partial charge in [-0.3, -0.25) is 4.79 Å². The van der Waals surface area contributed by atoms with Crippen LogP contribution in [0.25, 0.3) is 0 Å². The van der Waals surface area contributed by atoms with Gasteiger partial charge in [0.2, 0.25) is 0 Å². The summed E-state index contributed by atoms with van der Waals surface area (Å²) in [6, 6.07) is 8.82. The molecule has 2 rings (SSSR count). The van der Waals surface area contributed by atoms with Crippen molar-refractivity contribution in [2.45, 2.75) is 20.8 Å². The van der Waals surface area contributed by atoms with Gasteiger partial charge >= 0.3 is 0 Å². The van der Waals surface area contributed by atoms with Crippen LogP contribution in [0.1, 0.15) is 27.0 Å². The van der Waals surface area contributed by atoms with Gasteiger partial charge in [0.25, 0.3) is 5.91 Å². The van der Waals surface area contributed by atoms with Crippen LogP contribution in [0.4, 0.5) is 5.69 Å². The predicted molar refractivity (Wildman–Crippen MR) is 84.4 cm³/mol. The number of rotatable bonds is 2. The Labute approximate surface area is 126 Å². The lowest BCUT2D eigenvalue weighted by atomic mass is 10.0. The average molecular weight is 334 g/mol. The highest BCUT2D eigenvalue weighted by molar-refractivity contribution is 9.10. The van der Waals surface area contributed by atoms with Gasteiger partial charge in [-0.1, -0.05) is 33.6 Å².